The molecule has 0 aromatic heterocycles. The maximum absolute atomic E-state index is 12.7. The molecule has 3 heteroatoms. The summed E-state index contributed by atoms with van der Waals surface area (Å²) in [4.78, 5) is 15.8. The second-order valence-electron chi connectivity index (χ2n) is 5.36. The first-order valence-corrected chi connectivity index (χ1v) is 8.54. The van der Waals surface area contributed by atoms with Crippen LogP contribution in [0.3, 0.4) is 0 Å². The molecule has 0 radical (unpaired) electrons. The molecule has 116 valence electrons. The summed E-state index contributed by atoms with van der Waals surface area (Å²) >= 11 is 1.64. The summed E-state index contributed by atoms with van der Waals surface area (Å²) in [6.07, 6.45) is 0. The average Bonchev–Trinajstić information content (AvgIpc) is 2.55. The SMILES string of the molecule is CCN(Cc1ccccc1)C(=O)C(C)Sc1ccccc1C. The molecule has 1 atom stereocenters. The molecular formula is C19H23NOS. The van der Waals surface area contributed by atoms with Crippen LogP contribution in [0.5, 0.6) is 0 Å². The number of aryl methyl sites for hydroxylation is 1. The van der Waals surface area contributed by atoms with Crippen molar-refractivity contribution in [2.24, 2.45) is 0 Å². The van der Waals surface area contributed by atoms with Crippen LogP contribution in [-0.2, 0) is 11.3 Å². The van der Waals surface area contributed by atoms with E-state index in [1.165, 1.54) is 16.0 Å². The van der Waals surface area contributed by atoms with Crippen molar-refractivity contribution in [3.8, 4) is 0 Å². The van der Waals surface area contributed by atoms with E-state index in [0.717, 1.165) is 6.54 Å². The van der Waals surface area contributed by atoms with E-state index in [-0.39, 0.29) is 11.2 Å². The number of carbonyl (C=O) groups is 1. The lowest BCUT2D eigenvalue weighted by Gasteiger charge is -2.24. The fraction of sp³-hybridized carbons (Fsp3) is 0.316. The Hall–Kier alpha value is -1.74. The Balaban J connectivity index is 2.03. The van der Waals surface area contributed by atoms with Crippen LogP contribution in [0, 0.1) is 6.92 Å². The third-order valence-electron chi connectivity index (χ3n) is 3.65. The van der Waals surface area contributed by atoms with E-state index < -0.39 is 0 Å². The van der Waals surface area contributed by atoms with Gasteiger partial charge < -0.3 is 4.90 Å². The summed E-state index contributed by atoms with van der Waals surface area (Å²) in [5.41, 5.74) is 2.39. The second-order valence-corrected chi connectivity index (χ2v) is 6.75. The van der Waals surface area contributed by atoms with Gasteiger partial charge in [0.15, 0.2) is 0 Å². The van der Waals surface area contributed by atoms with Crippen molar-refractivity contribution in [2.75, 3.05) is 6.54 Å². The highest BCUT2D eigenvalue weighted by Gasteiger charge is 2.21. The van der Waals surface area contributed by atoms with E-state index in [1.54, 1.807) is 11.8 Å². The van der Waals surface area contributed by atoms with Gasteiger partial charge in [-0.1, -0.05) is 48.5 Å². The zero-order valence-corrected chi connectivity index (χ0v) is 14.3. The first-order chi connectivity index (χ1) is 10.6. The minimum absolute atomic E-state index is 0.0789. The van der Waals surface area contributed by atoms with Gasteiger partial charge in [0.25, 0.3) is 0 Å². The monoisotopic (exact) mass is 313 g/mol. The number of amides is 1. The van der Waals surface area contributed by atoms with E-state index >= 15 is 0 Å². The summed E-state index contributed by atoms with van der Waals surface area (Å²) in [5.74, 6) is 0.194. The molecule has 0 spiro atoms. The second kappa shape index (κ2) is 8.04. The Labute approximate surface area is 137 Å². The van der Waals surface area contributed by atoms with Gasteiger partial charge in [-0.05, 0) is 38.0 Å². The molecule has 0 fully saturated rings. The molecule has 0 aliphatic carbocycles. The van der Waals surface area contributed by atoms with Crippen molar-refractivity contribution in [1.82, 2.24) is 4.90 Å². The molecule has 22 heavy (non-hydrogen) atoms. The third-order valence-corrected chi connectivity index (χ3v) is 4.92. The fourth-order valence-corrected chi connectivity index (χ4v) is 3.38. The van der Waals surface area contributed by atoms with Crippen LogP contribution < -0.4 is 0 Å². The van der Waals surface area contributed by atoms with E-state index in [1.807, 2.05) is 49.1 Å². The zero-order chi connectivity index (χ0) is 15.9. The highest BCUT2D eigenvalue weighted by molar-refractivity contribution is 8.00. The number of carbonyl (C=O) groups excluding carboxylic acids is 1. The smallest absolute Gasteiger partial charge is 0.236 e. The van der Waals surface area contributed by atoms with E-state index in [2.05, 4.69) is 31.2 Å². The number of benzene rings is 2. The molecule has 2 aromatic carbocycles. The van der Waals surface area contributed by atoms with E-state index in [4.69, 9.17) is 0 Å². The van der Waals surface area contributed by atoms with Gasteiger partial charge in [-0.25, -0.2) is 0 Å². The Morgan fingerprint density at radius 1 is 1.09 bits per heavy atom. The summed E-state index contributed by atoms with van der Waals surface area (Å²) in [5, 5.41) is -0.0789. The van der Waals surface area contributed by atoms with Crippen LogP contribution in [-0.4, -0.2) is 22.6 Å². The Kier molecular flexibility index (Phi) is 6.08. The summed E-state index contributed by atoms with van der Waals surface area (Å²) < 4.78 is 0. The fourth-order valence-electron chi connectivity index (χ4n) is 2.34. The molecule has 0 N–H and O–H groups in total. The molecule has 0 saturated heterocycles. The first kappa shape index (κ1) is 16.6. The minimum Gasteiger partial charge on any atom is -0.338 e. The third kappa shape index (κ3) is 4.38. The lowest BCUT2D eigenvalue weighted by molar-refractivity contribution is -0.130. The van der Waals surface area contributed by atoms with Crippen LogP contribution in [0.15, 0.2) is 59.5 Å². The van der Waals surface area contributed by atoms with Crippen molar-refractivity contribution < 1.29 is 4.79 Å². The molecule has 0 aliphatic heterocycles. The highest BCUT2D eigenvalue weighted by Crippen LogP contribution is 2.27. The summed E-state index contributed by atoms with van der Waals surface area (Å²) in [6, 6.07) is 18.4. The lowest BCUT2D eigenvalue weighted by atomic mass is 10.2. The normalized spacial score (nSPS) is 12.0. The van der Waals surface area contributed by atoms with Crippen molar-refractivity contribution in [3.05, 3.63) is 65.7 Å². The topological polar surface area (TPSA) is 20.3 Å². The van der Waals surface area contributed by atoms with Crippen LogP contribution in [0.25, 0.3) is 0 Å². The van der Waals surface area contributed by atoms with Crippen LogP contribution in [0.2, 0.25) is 0 Å². The Morgan fingerprint density at radius 3 is 2.36 bits per heavy atom. The largest absolute Gasteiger partial charge is 0.338 e. The van der Waals surface area contributed by atoms with Crippen molar-refractivity contribution >= 4 is 17.7 Å². The summed E-state index contributed by atoms with van der Waals surface area (Å²) in [7, 11) is 0. The standard InChI is InChI=1S/C19H23NOS/c1-4-20(14-17-11-6-5-7-12-17)19(21)16(3)22-18-13-9-8-10-15(18)2/h5-13,16H,4,14H2,1-3H3. The van der Waals surface area contributed by atoms with Gasteiger partial charge >= 0.3 is 0 Å². The number of nitrogens with zero attached hydrogens (tertiary/aromatic N) is 1. The van der Waals surface area contributed by atoms with Crippen molar-refractivity contribution in [1.29, 1.82) is 0 Å². The van der Waals surface area contributed by atoms with E-state index in [0.29, 0.717) is 6.54 Å². The Bertz CT molecular complexity index is 612. The molecule has 0 aliphatic rings. The van der Waals surface area contributed by atoms with Gasteiger partial charge in [0.2, 0.25) is 5.91 Å². The highest BCUT2D eigenvalue weighted by atomic mass is 32.2. The molecular weight excluding hydrogens is 290 g/mol. The summed E-state index contributed by atoms with van der Waals surface area (Å²) in [6.45, 7) is 7.52. The van der Waals surface area contributed by atoms with Crippen LogP contribution in [0.4, 0.5) is 0 Å². The maximum Gasteiger partial charge on any atom is 0.236 e. The molecule has 0 saturated carbocycles. The number of thioether (sulfide) groups is 1. The quantitative estimate of drug-likeness (QED) is 0.731. The number of rotatable bonds is 6. The molecule has 0 heterocycles. The first-order valence-electron chi connectivity index (χ1n) is 7.66. The number of hydrogen-bond donors (Lipinski definition) is 0. The van der Waals surface area contributed by atoms with E-state index in [9.17, 15) is 4.79 Å². The molecule has 2 aromatic rings. The van der Waals surface area contributed by atoms with Crippen LogP contribution >= 0.6 is 11.8 Å². The van der Waals surface area contributed by atoms with Gasteiger partial charge in [0, 0.05) is 18.0 Å². The van der Waals surface area contributed by atoms with Gasteiger partial charge in [0.1, 0.15) is 0 Å². The van der Waals surface area contributed by atoms with Gasteiger partial charge in [-0.15, -0.1) is 11.8 Å². The van der Waals surface area contributed by atoms with Crippen LogP contribution in [0.1, 0.15) is 25.0 Å². The van der Waals surface area contributed by atoms with Gasteiger partial charge in [-0.3, -0.25) is 4.79 Å². The average molecular weight is 313 g/mol. The van der Waals surface area contributed by atoms with Crippen molar-refractivity contribution in [2.45, 2.75) is 37.5 Å². The molecule has 2 rings (SSSR count). The van der Waals surface area contributed by atoms with Crippen molar-refractivity contribution in [3.63, 3.8) is 0 Å². The van der Waals surface area contributed by atoms with Gasteiger partial charge in [-0.2, -0.15) is 0 Å². The molecule has 2 nitrogen and oxygen atoms in total. The molecule has 1 unspecified atom stereocenters. The maximum atomic E-state index is 12.7. The minimum atomic E-state index is -0.0789. The van der Waals surface area contributed by atoms with Gasteiger partial charge in [0.05, 0.1) is 5.25 Å². The molecule has 0 bridgehead atoms. The molecule has 1 amide bonds. The Morgan fingerprint density at radius 2 is 1.73 bits per heavy atom. The predicted molar refractivity (Wildman–Crippen MR) is 94.0 cm³/mol. The number of hydrogen-bond acceptors (Lipinski definition) is 2. The predicted octanol–water partition coefficient (Wildman–Crippen LogP) is 4.52. The zero-order valence-electron chi connectivity index (χ0n) is 13.5. The lowest BCUT2D eigenvalue weighted by Crippen LogP contribution is -2.35.